The van der Waals surface area contributed by atoms with Crippen LogP contribution < -0.4 is 10.5 Å². The molecule has 4 heteroatoms. The zero-order valence-electron chi connectivity index (χ0n) is 7.38. The Morgan fingerprint density at radius 1 is 1.62 bits per heavy atom. The van der Waals surface area contributed by atoms with E-state index in [1.807, 2.05) is 0 Å². The van der Waals surface area contributed by atoms with Crippen molar-refractivity contribution in [1.82, 2.24) is 4.98 Å². The minimum atomic E-state index is -0.295. The van der Waals surface area contributed by atoms with Gasteiger partial charge in [-0.05, 0) is 18.9 Å². The number of methoxy groups -OCH3 is 1. The molecule has 0 radical (unpaired) electrons. The molecule has 0 aromatic carbocycles. The predicted molar refractivity (Wildman–Crippen MR) is 50.9 cm³/mol. The third-order valence-electron chi connectivity index (χ3n) is 2.37. The number of aromatic nitrogens is 1. The van der Waals surface area contributed by atoms with Crippen LogP contribution in [0.5, 0.6) is 5.75 Å². The van der Waals surface area contributed by atoms with Crippen LogP contribution in [0, 0.1) is 0 Å². The molecule has 1 aromatic heterocycles. The molecule has 1 saturated carbocycles. The lowest BCUT2D eigenvalue weighted by Crippen LogP contribution is -2.20. The molecule has 70 valence electrons. The quantitative estimate of drug-likeness (QED) is 0.736. The van der Waals surface area contributed by atoms with Gasteiger partial charge in [-0.2, -0.15) is 0 Å². The smallest absolute Gasteiger partial charge is 0.137 e. The molecule has 1 aromatic rings. The molecule has 1 aliphatic rings. The Labute approximate surface area is 81.9 Å². The van der Waals surface area contributed by atoms with Crippen LogP contribution in [-0.4, -0.2) is 12.1 Å². The summed E-state index contributed by atoms with van der Waals surface area (Å²) in [4.78, 5) is 4.00. The van der Waals surface area contributed by atoms with E-state index in [0.29, 0.717) is 5.15 Å². The molecule has 0 unspecified atom stereocenters. The number of ether oxygens (including phenoxy) is 1. The molecule has 13 heavy (non-hydrogen) atoms. The van der Waals surface area contributed by atoms with Gasteiger partial charge in [0.15, 0.2) is 0 Å². The number of hydrogen-bond acceptors (Lipinski definition) is 3. The number of nitrogens with zero attached hydrogens (tertiary/aromatic N) is 1. The van der Waals surface area contributed by atoms with Crippen molar-refractivity contribution < 1.29 is 4.74 Å². The van der Waals surface area contributed by atoms with E-state index in [9.17, 15) is 0 Å². The highest BCUT2D eigenvalue weighted by molar-refractivity contribution is 6.30. The Morgan fingerprint density at radius 3 is 2.85 bits per heavy atom. The van der Waals surface area contributed by atoms with Crippen LogP contribution in [0.2, 0.25) is 5.15 Å². The first-order valence-electron chi connectivity index (χ1n) is 4.15. The lowest BCUT2D eigenvalue weighted by molar-refractivity contribution is 0.403. The number of halogens is 1. The van der Waals surface area contributed by atoms with Crippen LogP contribution >= 0.6 is 11.6 Å². The normalized spacial score (nSPS) is 18.4. The van der Waals surface area contributed by atoms with E-state index in [1.54, 1.807) is 19.4 Å². The van der Waals surface area contributed by atoms with E-state index >= 15 is 0 Å². The van der Waals surface area contributed by atoms with Crippen LogP contribution in [0.1, 0.15) is 18.4 Å². The molecule has 3 nitrogen and oxygen atoms in total. The zero-order chi connectivity index (χ0) is 9.47. The van der Waals surface area contributed by atoms with E-state index in [1.165, 1.54) is 0 Å². The van der Waals surface area contributed by atoms with Crippen molar-refractivity contribution >= 4 is 11.6 Å². The fourth-order valence-electron chi connectivity index (χ4n) is 1.43. The highest BCUT2D eigenvalue weighted by atomic mass is 35.5. The molecule has 0 amide bonds. The molecule has 2 rings (SSSR count). The standard InChI is InChI=1S/C9H11ClN2O/c1-13-6-2-5-12-8(10)7(6)9(11)3-4-9/h2,5H,3-4,11H2,1H3. The van der Waals surface area contributed by atoms with E-state index in [2.05, 4.69) is 4.98 Å². The number of hydrogen-bond donors (Lipinski definition) is 1. The lowest BCUT2D eigenvalue weighted by atomic mass is 10.1. The van der Waals surface area contributed by atoms with Crippen LogP contribution in [0.15, 0.2) is 12.3 Å². The SMILES string of the molecule is COc1ccnc(Cl)c1C1(N)CC1. The fourth-order valence-corrected chi connectivity index (χ4v) is 1.76. The Kier molecular flexibility index (Phi) is 1.93. The van der Waals surface area contributed by atoms with Crippen molar-refractivity contribution in [3.05, 3.63) is 23.0 Å². The van der Waals surface area contributed by atoms with Crippen LogP contribution in [0.3, 0.4) is 0 Å². The summed E-state index contributed by atoms with van der Waals surface area (Å²) >= 11 is 5.96. The summed E-state index contributed by atoms with van der Waals surface area (Å²) in [6.45, 7) is 0. The van der Waals surface area contributed by atoms with E-state index < -0.39 is 0 Å². The van der Waals surface area contributed by atoms with Gasteiger partial charge in [-0.25, -0.2) is 4.98 Å². The first-order chi connectivity index (χ1) is 6.17. The zero-order valence-corrected chi connectivity index (χ0v) is 8.14. The van der Waals surface area contributed by atoms with Crippen molar-refractivity contribution in [3.8, 4) is 5.75 Å². The number of pyridine rings is 1. The van der Waals surface area contributed by atoms with Gasteiger partial charge in [0.25, 0.3) is 0 Å². The number of rotatable bonds is 2. The maximum atomic E-state index is 6.04. The fraction of sp³-hybridized carbons (Fsp3) is 0.444. The van der Waals surface area contributed by atoms with Crippen LogP contribution in [0.4, 0.5) is 0 Å². The summed E-state index contributed by atoms with van der Waals surface area (Å²) in [5.41, 5.74) is 6.59. The van der Waals surface area contributed by atoms with Gasteiger partial charge < -0.3 is 10.5 Å². The predicted octanol–water partition coefficient (Wildman–Crippen LogP) is 1.69. The molecule has 0 saturated heterocycles. The average Bonchev–Trinajstić information content (AvgIpc) is 2.84. The molecule has 0 atom stereocenters. The average molecular weight is 199 g/mol. The Morgan fingerprint density at radius 2 is 2.31 bits per heavy atom. The summed E-state index contributed by atoms with van der Waals surface area (Å²) in [5, 5.41) is 0.458. The number of nitrogens with two attached hydrogens (primary N) is 1. The minimum absolute atomic E-state index is 0.295. The van der Waals surface area contributed by atoms with Gasteiger partial charge in [0.2, 0.25) is 0 Å². The topological polar surface area (TPSA) is 48.1 Å². The molecule has 0 aliphatic heterocycles. The van der Waals surface area contributed by atoms with Crippen LogP contribution in [0.25, 0.3) is 0 Å². The maximum Gasteiger partial charge on any atom is 0.137 e. The summed E-state index contributed by atoms with van der Waals surface area (Å²) < 4.78 is 5.19. The monoisotopic (exact) mass is 198 g/mol. The molecule has 0 bridgehead atoms. The molecular formula is C9H11ClN2O. The molecule has 2 N–H and O–H groups in total. The van der Waals surface area contributed by atoms with Crippen molar-refractivity contribution in [2.45, 2.75) is 18.4 Å². The van der Waals surface area contributed by atoms with E-state index in [-0.39, 0.29) is 5.54 Å². The van der Waals surface area contributed by atoms with E-state index in [4.69, 9.17) is 22.1 Å². The largest absolute Gasteiger partial charge is 0.496 e. The van der Waals surface area contributed by atoms with Crippen LogP contribution in [-0.2, 0) is 5.54 Å². The summed E-state index contributed by atoms with van der Waals surface area (Å²) in [6.07, 6.45) is 3.53. The van der Waals surface area contributed by atoms with Gasteiger partial charge in [-0.3, -0.25) is 0 Å². The second-order valence-electron chi connectivity index (χ2n) is 3.34. The molecule has 0 spiro atoms. The maximum absolute atomic E-state index is 6.04. The lowest BCUT2D eigenvalue weighted by Gasteiger charge is -2.14. The van der Waals surface area contributed by atoms with Crippen molar-refractivity contribution in [2.24, 2.45) is 5.73 Å². The summed E-state index contributed by atoms with van der Waals surface area (Å²) in [7, 11) is 1.61. The van der Waals surface area contributed by atoms with Crippen molar-refractivity contribution in [3.63, 3.8) is 0 Å². The molecule has 1 heterocycles. The third-order valence-corrected chi connectivity index (χ3v) is 2.66. The third kappa shape index (κ3) is 1.38. The van der Waals surface area contributed by atoms with Gasteiger partial charge in [-0.1, -0.05) is 11.6 Å². The first kappa shape index (κ1) is 8.78. The molecular weight excluding hydrogens is 188 g/mol. The Hall–Kier alpha value is -0.800. The highest BCUT2D eigenvalue weighted by Crippen LogP contribution is 2.48. The Balaban J connectivity index is 2.52. The first-order valence-corrected chi connectivity index (χ1v) is 4.53. The highest BCUT2D eigenvalue weighted by Gasteiger charge is 2.44. The van der Waals surface area contributed by atoms with Crippen molar-refractivity contribution in [2.75, 3.05) is 7.11 Å². The summed E-state index contributed by atoms with van der Waals surface area (Å²) in [5.74, 6) is 0.736. The van der Waals surface area contributed by atoms with Crippen molar-refractivity contribution in [1.29, 1.82) is 0 Å². The second kappa shape index (κ2) is 2.86. The van der Waals surface area contributed by atoms with Gasteiger partial charge in [-0.15, -0.1) is 0 Å². The van der Waals surface area contributed by atoms with Gasteiger partial charge in [0, 0.05) is 11.7 Å². The molecule has 1 aliphatic carbocycles. The van der Waals surface area contributed by atoms with Gasteiger partial charge in [0.1, 0.15) is 10.9 Å². The second-order valence-corrected chi connectivity index (χ2v) is 3.69. The van der Waals surface area contributed by atoms with Gasteiger partial charge in [0.05, 0.1) is 12.7 Å². The van der Waals surface area contributed by atoms with Gasteiger partial charge >= 0.3 is 0 Å². The minimum Gasteiger partial charge on any atom is -0.496 e. The molecule has 1 fully saturated rings. The van der Waals surface area contributed by atoms with E-state index in [0.717, 1.165) is 24.2 Å². The Bertz CT molecular complexity index is 336. The summed E-state index contributed by atoms with van der Waals surface area (Å²) in [6, 6.07) is 1.79.